The Hall–Kier alpha value is -1.72. The van der Waals surface area contributed by atoms with Gasteiger partial charge in [0.15, 0.2) is 3.95 Å². The van der Waals surface area contributed by atoms with Crippen molar-refractivity contribution in [3.8, 4) is 0 Å². The van der Waals surface area contributed by atoms with Gasteiger partial charge in [-0.25, -0.2) is 4.98 Å². The summed E-state index contributed by atoms with van der Waals surface area (Å²) in [6, 6.07) is 14.0. The highest BCUT2D eigenvalue weighted by Gasteiger charge is 2.03. The summed E-state index contributed by atoms with van der Waals surface area (Å²) < 4.78 is 4.18. The third-order valence-electron chi connectivity index (χ3n) is 2.66. The molecule has 1 aromatic carbocycles. The van der Waals surface area contributed by atoms with Gasteiger partial charge in [-0.2, -0.15) is 0 Å². The van der Waals surface area contributed by atoms with E-state index in [0.29, 0.717) is 6.67 Å². The number of nitrogens with zero attached hydrogens (tertiary/aromatic N) is 2. The molecule has 2 heterocycles. The van der Waals surface area contributed by atoms with Crippen molar-refractivity contribution in [3.63, 3.8) is 0 Å². The number of thiazole rings is 1. The lowest BCUT2D eigenvalue weighted by atomic mass is 10.3. The van der Waals surface area contributed by atoms with Gasteiger partial charge in [0, 0.05) is 6.20 Å². The highest BCUT2D eigenvalue weighted by Crippen LogP contribution is 2.22. The van der Waals surface area contributed by atoms with E-state index < -0.39 is 0 Å². The van der Waals surface area contributed by atoms with E-state index in [4.69, 9.17) is 12.2 Å². The fourth-order valence-corrected chi connectivity index (χ4v) is 3.11. The first-order chi connectivity index (χ1) is 8.84. The van der Waals surface area contributed by atoms with Crippen molar-refractivity contribution in [2.45, 2.75) is 6.67 Å². The Labute approximate surface area is 114 Å². The summed E-state index contributed by atoms with van der Waals surface area (Å²) in [5.41, 5.74) is 1.16. The summed E-state index contributed by atoms with van der Waals surface area (Å²) in [6.45, 7) is 0.639. The van der Waals surface area contributed by atoms with Gasteiger partial charge in [0.2, 0.25) is 0 Å². The summed E-state index contributed by atoms with van der Waals surface area (Å²) >= 11 is 7.02. The maximum absolute atomic E-state index is 5.39. The minimum atomic E-state index is 0.639. The number of nitrogens with one attached hydrogen (secondary N) is 1. The van der Waals surface area contributed by atoms with E-state index in [-0.39, 0.29) is 0 Å². The van der Waals surface area contributed by atoms with Crippen LogP contribution in [0.15, 0.2) is 48.7 Å². The van der Waals surface area contributed by atoms with Gasteiger partial charge in [0.05, 0.1) is 16.9 Å². The van der Waals surface area contributed by atoms with Crippen molar-refractivity contribution >= 4 is 39.6 Å². The quantitative estimate of drug-likeness (QED) is 0.734. The zero-order valence-electron chi connectivity index (χ0n) is 9.54. The molecule has 90 valence electrons. The van der Waals surface area contributed by atoms with Crippen LogP contribution in [0.25, 0.3) is 10.2 Å². The SMILES string of the molecule is S=c1sc2ccccc2n1CNc1ccccn1. The van der Waals surface area contributed by atoms with Crippen LogP contribution in [-0.2, 0) is 6.67 Å². The molecule has 2 aromatic heterocycles. The molecule has 0 unspecified atom stereocenters. The van der Waals surface area contributed by atoms with Crippen molar-refractivity contribution in [1.82, 2.24) is 9.55 Å². The molecular weight excluding hydrogens is 262 g/mol. The van der Waals surface area contributed by atoms with E-state index in [9.17, 15) is 0 Å². The first kappa shape index (κ1) is 11.4. The lowest BCUT2D eigenvalue weighted by Gasteiger charge is -2.07. The number of fused-ring (bicyclic) bond motifs is 1. The molecule has 3 nitrogen and oxygen atoms in total. The number of rotatable bonds is 3. The number of anilines is 1. The molecule has 3 aromatic rings. The average Bonchev–Trinajstić information content (AvgIpc) is 2.73. The largest absolute Gasteiger partial charge is 0.352 e. The van der Waals surface area contributed by atoms with E-state index in [2.05, 4.69) is 27.0 Å². The Bertz CT molecular complexity index is 716. The van der Waals surface area contributed by atoms with Crippen LogP contribution in [0.3, 0.4) is 0 Å². The van der Waals surface area contributed by atoms with Crippen molar-refractivity contribution in [2.75, 3.05) is 5.32 Å². The summed E-state index contributed by atoms with van der Waals surface area (Å²) in [7, 11) is 0. The van der Waals surface area contributed by atoms with Crippen LogP contribution < -0.4 is 5.32 Å². The Kier molecular flexibility index (Phi) is 3.08. The van der Waals surface area contributed by atoms with Gasteiger partial charge in [-0.05, 0) is 36.5 Å². The Morgan fingerprint density at radius 2 is 2.00 bits per heavy atom. The monoisotopic (exact) mass is 273 g/mol. The molecule has 1 N–H and O–H groups in total. The van der Waals surface area contributed by atoms with E-state index in [0.717, 1.165) is 15.3 Å². The zero-order chi connectivity index (χ0) is 12.4. The molecule has 0 aliphatic rings. The van der Waals surface area contributed by atoms with Crippen LogP contribution in [0.4, 0.5) is 5.82 Å². The molecule has 0 saturated heterocycles. The van der Waals surface area contributed by atoms with Crippen molar-refractivity contribution < 1.29 is 0 Å². The molecule has 0 spiro atoms. The van der Waals surface area contributed by atoms with Crippen LogP contribution >= 0.6 is 23.6 Å². The standard InChI is InChI=1S/C13H11N3S2/c17-13-16(9-15-12-7-3-4-8-14-12)10-5-1-2-6-11(10)18-13/h1-8H,9H2,(H,14,15). The summed E-state index contributed by atoms with van der Waals surface area (Å²) in [5, 5.41) is 3.27. The lowest BCUT2D eigenvalue weighted by Crippen LogP contribution is -2.08. The first-order valence-corrected chi connectivity index (χ1v) is 6.80. The molecule has 5 heteroatoms. The van der Waals surface area contributed by atoms with E-state index in [1.807, 2.05) is 30.3 Å². The predicted molar refractivity (Wildman–Crippen MR) is 78.5 cm³/mol. The Morgan fingerprint density at radius 1 is 1.17 bits per heavy atom. The number of pyridine rings is 1. The zero-order valence-corrected chi connectivity index (χ0v) is 11.2. The van der Waals surface area contributed by atoms with Crippen LogP contribution in [0.5, 0.6) is 0 Å². The van der Waals surface area contributed by atoms with Gasteiger partial charge < -0.3 is 9.88 Å². The lowest BCUT2D eigenvalue weighted by molar-refractivity contribution is 0.802. The van der Waals surface area contributed by atoms with E-state index >= 15 is 0 Å². The number of benzene rings is 1. The van der Waals surface area contributed by atoms with Gasteiger partial charge in [0.1, 0.15) is 5.82 Å². The highest BCUT2D eigenvalue weighted by atomic mass is 32.1. The van der Waals surface area contributed by atoms with Gasteiger partial charge in [0.25, 0.3) is 0 Å². The number of para-hydroxylation sites is 1. The molecule has 0 amide bonds. The third-order valence-corrected chi connectivity index (χ3v) is 4.09. The van der Waals surface area contributed by atoms with Crippen LogP contribution in [0.2, 0.25) is 0 Å². The topological polar surface area (TPSA) is 29.9 Å². The van der Waals surface area contributed by atoms with Crippen LogP contribution in [0, 0.1) is 3.95 Å². The molecule has 18 heavy (non-hydrogen) atoms. The molecule has 0 radical (unpaired) electrons. The van der Waals surface area contributed by atoms with Crippen LogP contribution in [0.1, 0.15) is 0 Å². The maximum atomic E-state index is 5.39. The van der Waals surface area contributed by atoms with E-state index in [1.165, 1.54) is 4.70 Å². The Balaban J connectivity index is 1.91. The molecule has 3 rings (SSSR count). The third kappa shape index (κ3) is 2.14. The molecular formula is C13H11N3S2. The van der Waals surface area contributed by atoms with Gasteiger partial charge >= 0.3 is 0 Å². The average molecular weight is 273 g/mol. The van der Waals surface area contributed by atoms with Crippen molar-refractivity contribution in [1.29, 1.82) is 0 Å². The van der Waals surface area contributed by atoms with Crippen molar-refractivity contribution in [3.05, 3.63) is 52.6 Å². The molecule has 0 bridgehead atoms. The van der Waals surface area contributed by atoms with Crippen molar-refractivity contribution in [2.24, 2.45) is 0 Å². The molecule has 0 atom stereocenters. The molecule has 0 saturated carbocycles. The fourth-order valence-electron chi connectivity index (χ4n) is 1.79. The first-order valence-electron chi connectivity index (χ1n) is 5.58. The summed E-state index contributed by atoms with van der Waals surface area (Å²) in [6.07, 6.45) is 1.77. The summed E-state index contributed by atoms with van der Waals surface area (Å²) in [4.78, 5) is 4.23. The second-order valence-corrected chi connectivity index (χ2v) is 5.49. The summed E-state index contributed by atoms with van der Waals surface area (Å²) in [5.74, 6) is 0.856. The fraction of sp³-hybridized carbons (Fsp3) is 0.0769. The van der Waals surface area contributed by atoms with E-state index in [1.54, 1.807) is 17.5 Å². The second kappa shape index (κ2) is 4.88. The number of aromatic nitrogens is 2. The van der Waals surface area contributed by atoms with Gasteiger partial charge in [-0.1, -0.05) is 18.2 Å². The minimum Gasteiger partial charge on any atom is -0.352 e. The predicted octanol–water partition coefficient (Wildman–Crippen LogP) is 3.90. The minimum absolute atomic E-state index is 0.639. The maximum Gasteiger partial charge on any atom is 0.163 e. The molecule has 0 aliphatic carbocycles. The normalized spacial score (nSPS) is 10.7. The smallest absolute Gasteiger partial charge is 0.163 e. The van der Waals surface area contributed by atoms with Crippen LogP contribution in [-0.4, -0.2) is 9.55 Å². The second-order valence-electron chi connectivity index (χ2n) is 3.81. The van der Waals surface area contributed by atoms with Gasteiger partial charge in [-0.15, -0.1) is 11.3 Å². The molecule has 0 fully saturated rings. The molecule has 0 aliphatic heterocycles. The van der Waals surface area contributed by atoms with Gasteiger partial charge in [-0.3, -0.25) is 0 Å². The number of hydrogen-bond donors (Lipinski definition) is 1. The Morgan fingerprint density at radius 3 is 2.83 bits per heavy atom. The highest BCUT2D eigenvalue weighted by molar-refractivity contribution is 7.73. The number of hydrogen-bond acceptors (Lipinski definition) is 4.